The fourth-order valence-corrected chi connectivity index (χ4v) is 2.54. The molecule has 0 bridgehead atoms. The molecule has 0 aliphatic heterocycles. The molecule has 0 atom stereocenters. The molecule has 30 heavy (non-hydrogen) atoms. The van der Waals surface area contributed by atoms with E-state index in [1.165, 1.54) is 6.07 Å². The van der Waals surface area contributed by atoms with Gasteiger partial charge in [-0.2, -0.15) is 0 Å². The molecular weight excluding hydrogens is 390 g/mol. The molecule has 0 radical (unpaired) electrons. The Kier molecular flexibility index (Phi) is 6.29. The maximum Gasteiger partial charge on any atom is 0.262 e. The largest absolute Gasteiger partial charge is 0.545 e. The third-order valence-electron chi connectivity index (χ3n) is 3.92. The Morgan fingerprint density at radius 1 is 0.733 bits per heavy atom. The minimum absolute atomic E-state index is 0.104. The number of aromatic carboxylic acids is 2. The van der Waals surface area contributed by atoms with Crippen LogP contribution in [0.5, 0.6) is 17.2 Å². The molecule has 0 spiro atoms. The minimum Gasteiger partial charge on any atom is -0.545 e. The molecule has 3 aromatic carbocycles. The maximum atomic E-state index is 12.0. The van der Waals surface area contributed by atoms with Crippen molar-refractivity contribution in [2.45, 2.75) is 0 Å². The molecule has 1 amide bonds. The van der Waals surface area contributed by atoms with Gasteiger partial charge < -0.3 is 34.6 Å². The third-order valence-corrected chi connectivity index (χ3v) is 3.92. The lowest BCUT2D eigenvalue weighted by molar-refractivity contribution is -0.259. The molecule has 3 rings (SSSR count). The molecule has 8 nitrogen and oxygen atoms in total. The summed E-state index contributed by atoms with van der Waals surface area (Å²) in [5.74, 6) is -2.60. The number of benzene rings is 3. The molecule has 0 heterocycles. The van der Waals surface area contributed by atoms with Gasteiger partial charge in [-0.15, -0.1) is 0 Å². The van der Waals surface area contributed by atoms with Gasteiger partial charge >= 0.3 is 0 Å². The standard InChI is InChI=1S/C22H17NO7/c24-20(13-29-15-4-2-1-3-5-15)23-14-6-8-16(9-7-14)30-17-10-11-18(21(25)26)19(12-17)22(27)28/h1-12H,13H2,(H,23,24)(H,25,26)(H,27,28)/p-2. The number of carbonyl (C=O) groups excluding carboxylic acids is 3. The smallest absolute Gasteiger partial charge is 0.262 e. The molecular formula is C22H15NO7-2. The van der Waals surface area contributed by atoms with E-state index in [1.54, 1.807) is 48.5 Å². The Morgan fingerprint density at radius 2 is 1.37 bits per heavy atom. The summed E-state index contributed by atoms with van der Waals surface area (Å²) in [6.07, 6.45) is 0. The van der Waals surface area contributed by atoms with Crippen LogP contribution in [0.3, 0.4) is 0 Å². The Balaban J connectivity index is 1.60. The van der Waals surface area contributed by atoms with E-state index in [4.69, 9.17) is 9.47 Å². The average molecular weight is 405 g/mol. The lowest BCUT2D eigenvalue weighted by Gasteiger charge is -2.14. The second kappa shape index (κ2) is 9.24. The van der Waals surface area contributed by atoms with Crippen molar-refractivity contribution >= 4 is 23.5 Å². The normalized spacial score (nSPS) is 10.1. The molecule has 8 heteroatoms. The predicted molar refractivity (Wildman–Crippen MR) is 102 cm³/mol. The molecule has 0 unspecified atom stereocenters. The highest BCUT2D eigenvalue weighted by atomic mass is 16.5. The first-order chi connectivity index (χ1) is 14.4. The highest BCUT2D eigenvalue weighted by Crippen LogP contribution is 2.25. The zero-order valence-corrected chi connectivity index (χ0v) is 15.5. The van der Waals surface area contributed by atoms with E-state index < -0.39 is 23.1 Å². The molecule has 0 aromatic heterocycles. The second-order valence-corrected chi connectivity index (χ2v) is 6.06. The van der Waals surface area contributed by atoms with Crippen molar-refractivity contribution in [2.24, 2.45) is 0 Å². The molecule has 0 aliphatic carbocycles. The van der Waals surface area contributed by atoms with Crippen molar-refractivity contribution in [3.05, 3.63) is 83.9 Å². The van der Waals surface area contributed by atoms with E-state index in [0.717, 1.165) is 12.1 Å². The van der Waals surface area contributed by atoms with Crippen molar-refractivity contribution in [3.8, 4) is 17.2 Å². The van der Waals surface area contributed by atoms with Crippen molar-refractivity contribution in [1.29, 1.82) is 0 Å². The van der Waals surface area contributed by atoms with Crippen LogP contribution in [0, 0.1) is 0 Å². The first-order valence-corrected chi connectivity index (χ1v) is 8.75. The number of nitrogens with one attached hydrogen (secondary N) is 1. The maximum absolute atomic E-state index is 12.0. The van der Waals surface area contributed by atoms with Gasteiger partial charge in [0.05, 0.1) is 11.9 Å². The lowest BCUT2D eigenvalue weighted by Crippen LogP contribution is -2.30. The van der Waals surface area contributed by atoms with Crippen molar-refractivity contribution < 1.29 is 34.1 Å². The van der Waals surface area contributed by atoms with E-state index >= 15 is 0 Å². The van der Waals surface area contributed by atoms with Crippen LogP contribution in [-0.2, 0) is 4.79 Å². The number of amides is 1. The average Bonchev–Trinajstić information content (AvgIpc) is 2.74. The Morgan fingerprint density at radius 3 is 2.00 bits per heavy atom. The second-order valence-electron chi connectivity index (χ2n) is 6.06. The number of carbonyl (C=O) groups is 3. The van der Waals surface area contributed by atoms with E-state index in [1.807, 2.05) is 6.07 Å². The van der Waals surface area contributed by atoms with Gasteiger partial charge in [0.2, 0.25) is 0 Å². The number of carboxylic acids is 2. The van der Waals surface area contributed by atoms with E-state index in [-0.39, 0.29) is 18.3 Å². The van der Waals surface area contributed by atoms with Gasteiger partial charge in [0.1, 0.15) is 17.2 Å². The summed E-state index contributed by atoms with van der Waals surface area (Å²) in [5, 5.41) is 24.7. The highest BCUT2D eigenvalue weighted by molar-refractivity contribution is 6.00. The summed E-state index contributed by atoms with van der Waals surface area (Å²) in [5.41, 5.74) is -0.542. The zero-order chi connectivity index (χ0) is 21.5. The molecule has 0 saturated carbocycles. The van der Waals surface area contributed by atoms with Gasteiger partial charge in [-0.1, -0.05) is 18.2 Å². The molecule has 152 valence electrons. The summed E-state index contributed by atoms with van der Waals surface area (Å²) in [4.78, 5) is 34.0. The van der Waals surface area contributed by atoms with Gasteiger partial charge in [-0.3, -0.25) is 4.79 Å². The Hall–Kier alpha value is -4.33. The molecule has 0 fully saturated rings. The Labute approximate surface area is 171 Å². The van der Waals surface area contributed by atoms with Crippen LogP contribution in [-0.4, -0.2) is 24.5 Å². The van der Waals surface area contributed by atoms with Crippen LogP contribution >= 0.6 is 0 Å². The lowest BCUT2D eigenvalue weighted by atomic mass is 10.1. The van der Waals surface area contributed by atoms with Gasteiger partial charge in [-0.25, -0.2) is 0 Å². The topological polar surface area (TPSA) is 128 Å². The van der Waals surface area contributed by atoms with Crippen molar-refractivity contribution in [1.82, 2.24) is 0 Å². The summed E-state index contributed by atoms with van der Waals surface area (Å²) >= 11 is 0. The van der Waals surface area contributed by atoms with Crippen LogP contribution in [0.1, 0.15) is 20.7 Å². The van der Waals surface area contributed by atoms with E-state index in [0.29, 0.717) is 17.2 Å². The fourth-order valence-electron chi connectivity index (χ4n) is 2.54. The van der Waals surface area contributed by atoms with Crippen molar-refractivity contribution in [2.75, 3.05) is 11.9 Å². The molecule has 1 N–H and O–H groups in total. The van der Waals surface area contributed by atoms with Gasteiger partial charge in [0, 0.05) is 16.8 Å². The Bertz CT molecular complexity index is 1060. The van der Waals surface area contributed by atoms with Crippen LogP contribution in [0.25, 0.3) is 0 Å². The monoisotopic (exact) mass is 405 g/mol. The van der Waals surface area contributed by atoms with Gasteiger partial charge in [-0.05, 0) is 54.6 Å². The number of anilines is 1. The first-order valence-electron chi connectivity index (χ1n) is 8.75. The quantitative estimate of drug-likeness (QED) is 0.597. The number of carboxylic acid groups (broad SMARTS) is 2. The number of rotatable bonds is 8. The van der Waals surface area contributed by atoms with Crippen molar-refractivity contribution in [3.63, 3.8) is 0 Å². The van der Waals surface area contributed by atoms with E-state index in [2.05, 4.69) is 5.32 Å². The van der Waals surface area contributed by atoms with E-state index in [9.17, 15) is 24.6 Å². The summed E-state index contributed by atoms with van der Waals surface area (Å²) in [6.45, 7) is -0.154. The molecule has 3 aromatic rings. The zero-order valence-electron chi connectivity index (χ0n) is 15.5. The summed E-state index contributed by atoms with van der Waals surface area (Å²) in [7, 11) is 0. The van der Waals surface area contributed by atoms with Crippen LogP contribution < -0.4 is 25.0 Å². The molecule has 0 saturated heterocycles. The van der Waals surface area contributed by atoms with Crippen LogP contribution in [0.15, 0.2) is 72.8 Å². The number of hydrogen-bond donors (Lipinski definition) is 1. The number of para-hydroxylation sites is 1. The fraction of sp³-hybridized carbons (Fsp3) is 0.0455. The number of hydrogen-bond acceptors (Lipinski definition) is 7. The summed E-state index contributed by atoms with van der Waals surface area (Å²) < 4.78 is 10.9. The predicted octanol–water partition coefficient (Wildman–Crippen LogP) is 1.22. The van der Waals surface area contributed by atoms with Gasteiger partial charge in [0.25, 0.3) is 5.91 Å². The van der Waals surface area contributed by atoms with Gasteiger partial charge in [0.15, 0.2) is 6.61 Å². The SMILES string of the molecule is O=C(COc1ccccc1)Nc1ccc(Oc2ccc(C(=O)[O-])c(C(=O)[O-])c2)cc1. The summed E-state index contributed by atoms with van der Waals surface area (Å²) in [6, 6.07) is 18.6. The third kappa shape index (κ3) is 5.35. The van der Waals surface area contributed by atoms with Crippen LogP contribution in [0.4, 0.5) is 5.69 Å². The molecule has 0 aliphatic rings. The highest BCUT2D eigenvalue weighted by Gasteiger charge is 2.08. The van der Waals surface area contributed by atoms with Crippen LogP contribution in [0.2, 0.25) is 0 Å². The first kappa shape index (κ1) is 20.4. The number of ether oxygens (including phenoxy) is 2. The minimum atomic E-state index is -1.66.